The Bertz CT molecular complexity index is 320. The lowest BCUT2D eigenvalue weighted by Gasteiger charge is -1.99. The van der Waals surface area contributed by atoms with Crippen LogP contribution in [0.2, 0.25) is 0 Å². The minimum absolute atomic E-state index is 0.248. The van der Waals surface area contributed by atoms with Gasteiger partial charge in [0.15, 0.2) is 11.5 Å². The topological polar surface area (TPSA) is 35.5 Å². The summed E-state index contributed by atoms with van der Waals surface area (Å²) in [5.41, 5.74) is 0.603. The zero-order valence-electron chi connectivity index (χ0n) is 6.61. The second-order valence-corrected chi connectivity index (χ2v) is 2.63. The molecule has 3 nitrogen and oxygen atoms in total. The fourth-order valence-electron chi connectivity index (χ4n) is 1.17. The van der Waals surface area contributed by atoms with Gasteiger partial charge >= 0.3 is 0 Å². The van der Waals surface area contributed by atoms with E-state index in [1.807, 2.05) is 0 Å². The molecule has 2 rings (SSSR count). The van der Waals surface area contributed by atoms with E-state index in [1.165, 1.54) is 0 Å². The lowest BCUT2D eigenvalue weighted by Crippen LogP contribution is -2.11. The largest absolute Gasteiger partial charge is 0.451 e. The normalized spacial score (nSPS) is 19.2. The number of ether oxygens (including phenoxy) is 2. The molecule has 0 fully saturated rings. The van der Waals surface area contributed by atoms with Gasteiger partial charge in [-0.3, -0.25) is 4.79 Å². The molecule has 0 spiro atoms. The van der Waals surface area contributed by atoms with Crippen LogP contribution in [0, 0.1) is 0 Å². The van der Waals surface area contributed by atoms with Crippen molar-refractivity contribution < 1.29 is 14.3 Å². The highest BCUT2D eigenvalue weighted by molar-refractivity contribution is 5.76. The summed E-state index contributed by atoms with van der Waals surface area (Å²) in [5, 5.41) is 0. The monoisotopic (exact) mass is 164 g/mol. The molecule has 3 heteroatoms. The van der Waals surface area contributed by atoms with E-state index in [-0.39, 0.29) is 6.29 Å². The van der Waals surface area contributed by atoms with Crippen LogP contribution in [0.4, 0.5) is 0 Å². The summed E-state index contributed by atoms with van der Waals surface area (Å²) in [7, 11) is 0. The van der Waals surface area contributed by atoms with Crippen molar-refractivity contribution >= 4 is 6.29 Å². The smallest absolute Gasteiger partial charge is 0.238 e. The average molecular weight is 164 g/mol. The third-order valence-electron chi connectivity index (χ3n) is 1.69. The van der Waals surface area contributed by atoms with Gasteiger partial charge in [0.05, 0.1) is 0 Å². The Balaban J connectivity index is 2.41. The minimum atomic E-state index is -0.248. The van der Waals surface area contributed by atoms with E-state index in [4.69, 9.17) is 9.47 Å². The van der Waals surface area contributed by atoms with E-state index < -0.39 is 0 Å². The first-order valence-corrected chi connectivity index (χ1v) is 3.72. The van der Waals surface area contributed by atoms with Gasteiger partial charge in [-0.05, 0) is 18.2 Å². The van der Waals surface area contributed by atoms with Crippen LogP contribution in [0.25, 0.3) is 0 Å². The maximum atomic E-state index is 10.4. The molecule has 0 aromatic heterocycles. The molecule has 0 radical (unpaired) electrons. The highest BCUT2D eigenvalue weighted by Crippen LogP contribution is 2.34. The zero-order chi connectivity index (χ0) is 8.55. The van der Waals surface area contributed by atoms with Gasteiger partial charge in [0.1, 0.15) is 6.29 Å². The van der Waals surface area contributed by atoms with E-state index in [0.717, 1.165) is 6.29 Å². The number of benzene rings is 1. The van der Waals surface area contributed by atoms with Gasteiger partial charge in [0.25, 0.3) is 0 Å². The van der Waals surface area contributed by atoms with E-state index in [2.05, 4.69) is 0 Å². The second kappa shape index (κ2) is 2.52. The van der Waals surface area contributed by atoms with E-state index in [9.17, 15) is 4.79 Å². The summed E-state index contributed by atoms with van der Waals surface area (Å²) in [6, 6.07) is 5.11. The first kappa shape index (κ1) is 7.16. The highest BCUT2D eigenvalue weighted by atomic mass is 16.7. The Labute approximate surface area is 69.9 Å². The summed E-state index contributed by atoms with van der Waals surface area (Å²) in [6.45, 7) is 1.81. The van der Waals surface area contributed by atoms with Gasteiger partial charge < -0.3 is 9.47 Å². The predicted octanol–water partition coefficient (Wildman–Crippen LogP) is 1.62. The van der Waals surface area contributed by atoms with Gasteiger partial charge in [0, 0.05) is 12.5 Å². The molecule has 1 heterocycles. The standard InChI is InChI=1S/C9H8O3/c1-6-11-8-3-2-7(5-10)4-9(8)12-6/h2-6H,1H3. The maximum Gasteiger partial charge on any atom is 0.238 e. The number of carbonyl (C=O) groups excluding carboxylic acids is 1. The Hall–Kier alpha value is -1.51. The van der Waals surface area contributed by atoms with Crippen LogP contribution < -0.4 is 9.47 Å². The summed E-state index contributed by atoms with van der Waals surface area (Å²) < 4.78 is 10.5. The van der Waals surface area contributed by atoms with Crippen LogP contribution in [0.1, 0.15) is 17.3 Å². The summed E-state index contributed by atoms with van der Waals surface area (Å²) in [6.07, 6.45) is 0.536. The van der Waals surface area contributed by atoms with E-state index >= 15 is 0 Å². The molecule has 1 aromatic carbocycles. The molecule has 1 aliphatic rings. The van der Waals surface area contributed by atoms with Crippen molar-refractivity contribution in [3.8, 4) is 11.5 Å². The fourth-order valence-corrected chi connectivity index (χ4v) is 1.17. The van der Waals surface area contributed by atoms with Crippen molar-refractivity contribution in [3.63, 3.8) is 0 Å². The Kier molecular flexibility index (Phi) is 1.50. The Morgan fingerprint density at radius 1 is 1.33 bits per heavy atom. The molecule has 1 aliphatic heterocycles. The lowest BCUT2D eigenvalue weighted by atomic mass is 10.2. The van der Waals surface area contributed by atoms with Gasteiger partial charge in [-0.2, -0.15) is 0 Å². The van der Waals surface area contributed by atoms with Crippen LogP contribution in [-0.2, 0) is 0 Å². The molecule has 0 saturated heterocycles. The van der Waals surface area contributed by atoms with Crippen molar-refractivity contribution in [1.29, 1.82) is 0 Å². The third kappa shape index (κ3) is 1.03. The van der Waals surface area contributed by atoms with Gasteiger partial charge in [-0.15, -0.1) is 0 Å². The van der Waals surface area contributed by atoms with Gasteiger partial charge in [-0.1, -0.05) is 0 Å². The SMILES string of the molecule is CC1Oc2ccc(C=O)cc2O1. The summed E-state index contributed by atoms with van der Waals surface area (Å²) in [4.78, 5) is 10.4. The maximum absolute atomic E-state index is 10.4. The molecular formula is C9H8O3. The number of aldehydes is 1. The molecular weight excluding hydrogens is 156 g/mol. The molecule has 62 valence electrons. The van der Waals surface area contributed by atoms with Crippen LogP contribution in [0.3, 0.4) is 0 Å². The highest BCUT2D eigenvalue weighted by Gasteiger charge is 2.19. The molecule has 0 aliphatic carbocycles. The fraction of sp³-hybridized carbons (Fsp3) is 0.222. The van der Waals surface area contributed by atoms with Crippen molar-refractivity contribution in [1.82, 2.24) is 0 Å². The summed E-state index contributed by atoms with van der Waals surface area (Å²) >= 11 is 0. The first-order chi connectivity index (χ1) is 5.79. The number of hydrogen-bond acceptors (Lipinski definition) is 3. The molecule has 1 atom stereocenters. The van der Waals surface area contributed by atoms with Crippen molar-refractivity contribution in [3.05, 3.63) is 23.8 Å². The molecule has 1 aromatic rings. The third-order valence-corrected chi connectivity index (χ3v) is 1.69. The first-order valence-electron chi connectivity index (χ1n) is 3.72. The summed E-state index contributed by atoms with van der Waals surface area (Å²) in [5.74, 6) is 1.35. The molecule has 0 N–H and O–H groups in total. The van der Waals surface area contributed by atoms with E-state index in [1.54, 1.807) is 25.1 Å². The number of hydrogen-bond donors (Lipinski definition) is 0. The molecule has 0 saturated carbocycles. The lowest BCUT2D eigenvalue weighted by molar-refractivity contribution is 0.0678. The zero-order valence-corrected chi connectivity index (χ0v) is 6.61. The predicted molar refractivity (Wildman–Crippen MR) is 42.5 cm³/mol. The van der Waals surface area contributed by atoms with Crippen molar-refractivity contribution in [2.24, 2.45) is 0 Å². The number of carbonyl (C=O) groups is 1. The van der Waals surface area contributed by atoms with Crippen LogP contribution >= 0.6 is 0 Å². The molecule has 0 amide bonds. The Morgan fingerprint density at radius 3 is 2.83 bits per heavy atom. The van der Waals surface area contributed by atoms with Crippen molar-refractivity contribution in [2.75, 3.05) is 0 Å². The van der Waals surface area contributed by atoms with Crippen molar-refractivity contribution in [2.45, 2.75) is 13.2 Å². The average Bonchev–Trinajstić information content (AvgIpc) is 2.43. The Morgan fingerprint density at radius 2 is 2.08 bits per heavy atom. The van der Waals surface area contributed by atoms with Gasteiger partial charge in [-0.25, -0.2) is 0 Å². The number of rotatable bonds is 1. The van der Waals surface area contributed by atoms with Crippen LogP contribution in [0.15, 0.2) is 18.2 Å². The van der Waals surface area contributed by atoms with Crippen LogP contribution in [0.5, 0.6) is 11.5 Å². The van der Waals surface area contributed by atoms with Crippen LogP contribution in [-0.4, -0.2) is 12.6 Å². The molecule has 1 unspecified atom stereocenters. The molecule has 12 heavy (non-hydrogen) atoms. The van der Waals surface area contributed by atoms with Gasteiger partial charge in [0.2, 0.25) is 6.29 Å². The second-order valence-electron chi connectivity index (χ2n) is 2.63. The molecule has 0 bridgehead atoms. The number of fused-ring (bicyclic) bond motifs is 1. The minimum Gasteiger partial charge on any atom is -0.451 e. The quantitative estimate of drug-likeness (QED) is 0.591. The van der Waals surface area contributed by atoms with E-state index in [0.29, 0.717) is 17.1 Å².